The van der Waals surface area contributed by atoms with Crippen LogP contribution in [0.4, 0.5) is 14.4 Å². The number of sulfonamides is 1. The van der Waals surface area contributed by atoms with Gasteiger partial charge in [0, 0.05) is 44.2 Å². The van der Waals surface area contributed by atoms with Gasteiger partial charge in [0.1, 0.15) is 52.5 Å². The van der Waals surface area contributed by atoms with Crippen LogP contribution in [0.2, 0.25) is 0 Å². The van der Waals surface area contributed by atoms with Crippen LogP contribution in [0.5, 0.6) is 11.5 Å². The Morgan fingerprint density at radius 1 is 0.766 bits per heavy atom. The second-order valence-electron chi connectivity index (χ2n) is 22.4. The first-order valence-corrected chi connectivity index (χ1v) is 28.3. The zero-order valence-corrected chi connectivity index (χ0v) is 48.4. The van der Waals surface area contributed by atoms with Crippen molar-refractivity contribution in [3.05, 3.63) is 47.5 Å². The first-order valence-electron chi connectivity index (χ1n) is 26.6. The molecule has 2 aromatic rings. The van der Waals surface area contributed by atoms with Crippen LogP contribution in [-0.4, -0.2) is 140 Å². The fraction of sp³-hybridized carbons (Fsp3) is 0.655. The summed E-state index contributed by atoms with van der Waals surface area (Å²) >= 11 is 0. The number of rotatable bonds is 23. The monoisotopic (exact) mass is 1100 g/mol. The van der Waals surface area contributed by atoms with E-state index >= 15 is 4.79 Å². The van der Waals surface area contributed by atoms with E-state index in [1.165, 1.54) is 55.6 Å². The maximum absolute atomic E-state index is 15.0. The zero-order chi connectivity index (χ0) is 57.9. The molecule has 0 radical (unpaired) electrons. The molecule has 1 aliphatic heterocycles. The Labute approximate surface area is 455 Å². The number of likely N-dealkylation sites (N-methyl/N-ethyl adjacent to an activating group) is 1. The van der Waals surface area contributed by atoms with E-state index in [-0.39, 0.29) is 73.5 Å². The number of unbranched alkanes of at least 4 members (excludes halogenated alkanes) is 8. The van der Waals surface area contributed by atoms with Gasteiger partial charge in [0.25, 0.3) is 0 Å². The molecule has 0 aliphatic carbocycles. The number of carbonyl (C=O) groups is 7. The largest absolute Gasteiger partial charge is 0.514 e. The van der Waals surface area contributed by atoms with Crippen molar-refractivity contribution in [1.82, 2.24) is 30.5 Å². The Balaban J connectivity index is 2.12. The maximum atomic E-state index is 15.0. The third-order valence-electron chi connectivity index (χ3n) is 12.0. The van der Waals surface area contributed by atoms with E-state index in [9.17, 15) is 42.3 Å². The Morgan fingerprint density at radius 3 is 2.00 bits per heavy atom. The number of carbonyl (C=O) groups excluding carboxylic acids is 7. The lowest BCUT2D eigenvalue weighted by molar-refractivity contribution is -0.145. The number of nitrogens with zero attached hydrogens (tertiary/aromatic N) is 2. The van der Waals surface area contributed by atoms with E-state index in [0.29, 0.717) is 12.0 Å². The first kappa shape index (κ1) is 65.1. The first-order chi connectivity index (χ1) is 35.8. The van der Waals surface area contributed by atoms with Crippen molar-refractivity contribution in [2.24, 2.45) is 0 Å². The van der Waals surface area contributed by atoms with Crippen LogP contribution in [0.25, 0.3) is 11.1 Å². The number of ether oxygens (including phenoxy) is 5. The van der Waals surface area contributed by atoms with Crippen LogP contribution in [-0.2, 0) is 54.6 Å². The van der Waals surface area contributed by atoms with Gasteiger partial charge in [-0.3, -0.25) is 14.4 Å². The molecule has 0 fully saturated rings. The van der Waals surface area contributed by atoms with Gasteiger partial charge in [-0.05, 0) is 130 Å². The van der Waals surface area contributed by atoms with E-state index < -0.39 is 98.8 Å². The second kappa shape index (κ2) is 29.5. The molecular weight excluding hydrogens is 1020 g/mol. The topological polar surface area (TPSA) is 275 Å². The molecule has 21 nitrogen and oxygen atoms in total. The lowest BCUT2D eigenvalue weighted by atomic mass is 9.93. The van der Waals surface area contributed by atoms with Crippen molar-refractivity contribution in [2.75, 3.05) is 39.5 Å². The van der Waals surface area contributed by atoms with E-state index in [1.807, 2.05) is 0 Å². The predicted octanol–water partition coefficient (Wildman–Crippen LogP) is 7.95. The van der Waals surface area contributed by atoms with Crippen LogP contribution < -0.4 is 25.4 Å². The van der Waals surface area contributed by atoms with E-state index in [2.05, 4.69) is 27.6 Å². The van der Waals surface area contributed by atoms with Crippen molar-refractivity contribution in [3.63, 3.8) is 0 Å². The summed E-state index contributed by atoms with van der Waals surface area (Å²) in [6.45, 7) is 18.8. The van der Waals surface area contributed by atoms with Gasteiger partial charge in [-0.1, -0.05) is 64.0 Å². The van der Waals surface area contributed by atoms with Gasteiger partial charge in [-0.2, -0.15) is 0 Å². The standard InChI is InChI=1S/C55H86N6O15S/c1-14-15-16-17-18-19-20-23-30-61(51(68)75-54(6,7)8)31-32-77(70,71)59-41(24-21-22-29-56-50(67)74-53(3,4)5)48(65)60(12)45-38-26-27-43(62)39(35-38)40-33-37(25-28-44(40)73-52(69)76-55(9,10)11)34-42(49(66)72-13)58-46(63)36(2)57-47(45)64/h25-28,33,35-36,41-42,45,59,62H,14-24,29-32,34H2,1-13H3,(H,56,67)(H,57,64)(H,58,63)/t36-,41-,42-,45-/m0/s1. The SMILES string of the molecule is CCCCCCCCCCN(CCS(=O)(=O)N[C@@H](CCCCNC(=O)OC(C)(C)C)C(=O)N(C)[C@@H]1C(=O)N[C@@H](C)C(=O)N[C@H](C(=O)OC)Cc2ccc(OC(=O)OC(C)(C)C)c(c2)-c2cc1ccc2O)C(=O)OC(C)(C)C. The quantitative estimate of drug-likeness (QED) is 0.0306. The van der Waals surface area contributed by atoms with Crippen molar-refractivity contribution in [1.29, 1.82) is 0 Å². The minimum atomic E-state index is -4.40. The number of phenols is 1. The van der Waals surface area contributed by atoms with Gasteiger partial charge in [0.05, 0.1) is 12.9 Å². The van der Waals surface area contributed by atoms with Crippen molar-refractivity contribution >= 4 is 52.1 Å². The number of hydrogen-bond acceptors (Lipinski definition) is 15. The van der Waals surface area contributed by atoms with Gasteiger partial charge in [-0.15, -0.1) is 0 Å². The lowest BCUT2D eigenvalue weighted by Crippen LogP contribution is -2.55. The summed E-state index contributed by atoms with van der Waals surface area (Å²) in [5.41, 5.74) is -1.97. The molecule has 77 heavy (non-hydrogen) atoms. The summed E-state index contributed by atoms with van der Waals surface area (Å²) in [7, 11) is -1.99. The minimum Gasteiger partial charge on any atom is -0.507 e. The Morgan fingerprint density at radius 2 is 1.39 bits per heavy atom. The second-order valence-corrected chi connectivity index (χ2v) is 24.3. The predicted molar refractivity (Wildman–Crippen MR) is 290 cm³/mol. The molecule has 0 spiro atoms. The van der Waals surface area contributed by atoms with Gasteiger partial charge < -0.3 is 54.5 Å². The summed E-state index contributed by atoms with van der Waals surface area (Å²) in [5, 5.41) is 19.4. The van der Waals surface area contributed by atoms with Gasteiger partial charge in [0.2, 0.25) is 27.7 Å². The van der Waals surface area contributed by atoms with Gasteiger partial charge >= 0.3 is 24.3 Å². The summed E-state index contributed by atoms with van der Waals surface area (Å²) in [4.78, 5) is 97.9. The molecule has 5 N–H and O–H groups in total. The molecule has 0 saturated heterocycles. The third-order valence-corrected chi connectivity index (χ3v) is 13.4. The molecule has 1 aliphatic rings. The number of methoxy groups -OCH3 is 1. The third kappa shape index (κ3) is 23.1. The Kier molecular flexibility index (Phi) is 25.0. The van der Waals surface area contributed by atoms with E-state index in [4.69, 9.17) is 23.7 Å². The number of nitrogens with one attached hydrogen (secondary N) is 4. The highest BCUT2D eigenvalue weighted by molar-refractivity contribution is 7.89. The number of phenolic OH excluding ortho intramolecular Hbond substituents is 1. The van der Waals surface area contributed by atoms with Crippen LogP contribution >= 0.6 is 0 Å². The summed E-state index contributed by atoms with van der Waals surface area (Å²) in [5.74, 6) is -4.46. The smallest absolute Gasteiger partial charge is 0.507 e. The van der Waals surface area contributed by atoms with Crippen molar-refractivity contribution in [3.8, 4) is 22.6 Å². The molecule has 22 heteroatoms. The molecular formula is C55H86N6O15S. The number of aromatic hydroxyl groups is 1. The number of benzene rings is 2. The maximum Gasteiger partial charge on any atom is 0.514 e. The molecule has 3 rings (SSSR count). The summed E-state index contributed by atoms with van der Waals surface area (Å²) in [6, 6.07) is 2.72. The molecule has 4 bridgehead atoms. The van der Waals surface area contributed by atoms with Crippen molar-refractivity contribution < 1.29 is 70.8 Å². The number of fused-ring (bicyclic) bond motifs is 5. The van der Waals surface area contributed by atoms with Crippen molar-refractivity contribution in [2.45, 2.75) is 194 Å². The summed E-state index contributed by atoms with van der Waals surface area (Å²) in [6.07, 6.45) is 5.77. The molecule has 1 heterocycles. The average Bonchev–Trinajstić information content (AvgIpc) is 3.30. The van der Waals surface area contributed by atoms with Gasteiger partial charge in [0.15, 0.2) is 0 Å². The highest BCUT2D eigenvalue weighted by Crippen LogP contribution is 2.40. The number of hydrogen-bond donors (Lipinski definition) is 5. The normalized spacial score (nSPS) is 16.6. The molecule has 5 amide bonds. The fourth-order valence-corrected chi connectivity index (χ4v) is 9.46. The average molecular weight is 1100 g/mol. The fourth-order valence-electron chi connectivity index (χ4n) is 8.23. The highest BCUT2D eigenvalue weighted by Gasteiger charge is 2.37. The van der Waals surface area contributed by atoms with E-state index in [1.54, 1.807) is 68.4 Å². The molecule has 0 unspecified atom stereocenters. The highest BCUT2D eigenvalue weighted by atomic mass is 32.2. The summed E-state index contributed by atoms with van der Waals surface area (Å²) < 4.78 is 58.0. The molecule has 0 saturated carbocycles. The van der Waals surface area contributed by atoms with E-state index in [0.717, 1.165) is 50.5 Å². The zero-order valence-electron chi connectivity index (χ0n) is 47.6. The molecule has 2 aromatic carbocycles. The molecule has 4 atom stereocenters. The minimum absolute atomic E-state index is 0.0153. The van der Waals surface area contributed by atoms with Crippen LogP contribution in [0.15, 0.2) is 36.4 Å². The number of alkyl carbamates (subject to hydrolysis) is 1. The van der Waals surface area contributed by atoms with Crippen LogP contribution in [0.1, 0.15) is 164 Å². The number of esters is 1. The Bertz CT molecular complexity index is 2450. The molecule has 432 valence electrons. The Hall–Kier alpha value is -6.16. The molecule has 0 aromatic heterocycles. The van der Waals surface area contributed by atoms with Gasteiger partial charge in [-0.25, -0.2) is 32.3 Å². The van der Waals surface area contributed by atoms with Crippen LogP contribution in [0.3, 0.4) is 0 Å². The number of amides is 5. The lowest BCUT2D eigenvalue weighted by Gasteiger charge is -2.32. The van der Waals surface area contributed by atoms with Crippen LogP contribution in [0, 0.1) is 0 Å².